The van der Waals surface area contributed by atoms with E-state index in [1.54, 1.807) is 4.68 Å². The average molecular weight is 507 g/mol. The Morgan fingerprint density at radius 2 is 2.03 bits per heavy atom. The number of anilines is 3. The number of alkyl halides is 1. The summed E-state index contributed by atoms with van der Waals surface area (Å²) < 4.78 is 54.3. The van der Waals surface area contributed by atoms with Crippen LogP contribution in [0.5, 0.6) is 0 Å². The first kappa shape index (κ1) is 23.8. The zero-order valence-electron chi connectivity index (χ0n) is 19.6. The van der Waals surface area contributed by atoms with Crippen molar-refractivity contribution in [3.63, 3.8) is 0 Å². The summed E-state index contributed by atoms with van der Waals surface area (Å²) in [6.07, 6.45) is 1.13. The number of fused-ring (bicyclic) bond motifs is 2. The zero-order chi connectivity index (χ0) is 25.1. The summed E-state index contributed by atoms with van der Waals surface area (Å²) in [4.78, 5) is 8.81. The third kappa shape index (κ3) is 4.21. The van der Waals surface area contributed by atoms with Crippen molar-refractivity contribution in [1.82, 2.24) is 30.6 Å². The quantitative estimate of drug-likeness (QED) is 0.411. The summed E-state index contributed by atoms with van der Waals surface area (Å²) in [5.74, 6) is -0.530. The van der Waals surface area contributed by atoms with E-state index >= 15 is 0 Å². The molecule has 188 valence electrons. The first-order valence-corrected chi connectivity index (χ1v) is 13.4. The lowest BCUT2D eigenvalue weighted by Gasteiger charge is -2.34. The second-order valence-corrected chi connectivity index (χ2v) is 11.5. The summed E-state index contributed by atoms with van der Waals surface area (Å²) in [7, 11) is -3.55. The van der Waals surface area contributed by atoms with Gasteiger partial charge in [0, 0.05) is 30.7 Å². The van der Waals surface area contributed by atoms with Gasteiger partial charge in [0.1, 0.15) is 17.8 Å². The second-order valence-electron chi connectivity index (χ2n) is 9.51. The minimum absolute atomic E-state index is 0.0112. The van der Waals surface area contributed by atoms with E-state index < -0.39 is 21.8 Å². The highest BCUT2D eigenvalue weighted by molar-refractivity contribution is 7.90. The smallest absolute Gasteiger partial charge is 0.231 e. The van der Waals surface area contributed by atoms with E-state index in [0.717, 1.165) is 18.0 Å². The third-order valence-corrected chi connectivity index (χ3v) is 7.90. The van der Waals surface area contributed by atoms with Crippen molar-refractivity contribution < 1.29 is 17.2 Å². The highest BCUT2D eigenvalue weighted by Crippen LogP contribution is 2.43. The average Bonchev–Trinajstić information content (AvgIpc) is 3.41. The van der Waals surface area contributed by atoms with Crippen molar-refractivity contribution in [2.75, 3.05) is 23.9 Å². The first-order chi connectivity index (χ1) is 16.5. The number of nitrogen functional groups attached to an aromatic ring is 1. The van der Waals surface area contributed by atoms with Crippen LogP contribution < -0.4 is 21.9 Å². The van der Waals surface area contributed by atoms with Crippen molar-refractivity contribution >= 4 is 38.3 Å². The molecule has 0 amide bonds. The van der Waals surface area contributed by atoms with Crippen molar-refractivity contribution in [3.05, 3.63) is 29.7 Å². The normalized spacial score (nSPS) is 24.7. The van der Waals surface area contributed by atoms with Crippen molar-refractivity contribution in [2.45, 2.75) is 55.8 Å². The van der Waals surface area contributed by atoms with Crippen LogP contribution in [0.15, 0.2) is 23.1 Å². The molecule has 13 heteroatoms. The van der Waals surface area contributed by atoms with E-state index in [1.165, 1.54) is 12.1 Å². The monoisotopic (exact) mass is 506 g/mol. The molecule has 10 nitrogen and oxygen atoms in total. The van der Waals surface area contributed by atoms with E-state index in [4.69, 9.17) is 10.8 Å². The standard InChI is InChI=1S/C22H28F2N8O2S/c1-10(2)32-21-17(19(31-32)12-5-6-14(23)18-13(12)9-26-30-18)20(25)28-22(29-21)27-16-7-4-11(8-15(16)24)35(3,33)34/h4,7-8,10,12-14,18,26,30H,5-6,9H2,1-3H3,(H3,25,27,28,29). The van der Waals surface area contributed by atoms with Gasteiger partial charge in [0.15, 0.2) is 15.5 Å². The maximum atomic E-state index is 14.6. The van der Waals surface area contributed by atoms with Gasteiger partial charge in [-0.1, -0.05) is 0 Å². The number of rotatable bonds is 5. The van der Waals surface area contributed by atoms with Crippen LogP contribution in [0.4, 0.5) is 26.2 Å². The summed E-state index contributed by atoms with van der Waals surface area (Å²) in [5.41, 5.74) is 13.8. The molecule has 0 radical (unpaired) electrons. The summed E-state index contributed by atoms with van der Waals surface area (Å²) in [6, 6.07) is 3.22. The molecule has 3 heterocycles. The number of aromatic nitrogens is 4. The minimum Gasteiger partial charge on any atom is -0.383 e. The predicted molar refractivity (Wildman–Crippen MR) is 128 cm³/mol. The first-order valence-electron chi connectivity index (χ1n) is 11.5. The predicted octanol–water partition coefficient (Wildman–Crippen LogP) is 2.58. The molecule has 35 heavy (non-hydrogen) atoms. The van der Waals surface area contributed by atoms with Crippen LogP contribution >= 0.6 is 0 Å². The van der Waals surface area contributed by atoms with Gasteiger partial charge < -0.3 is 11.1 Å². The Kier molecular flexibility index (Phi) is 5.88. The van der Waals surface area contributed by atoms with Gasteiger partial charge in [0.25, 0.3) is 0 Å². The molecule has 2 fully saturated rings. The molecule has 0 spiro atoms. The molecular weight excluding hydrogens is 478 g/mol. The van der Waals surface area contributed by atoms with Gasteiger partial charge in [-0.05, 0) is 44.9 Å². The fraction of sp³-hybridized carbons (Fsp3) is 0.500. The fourth-order valence-electron chi connectivity index (χ4n) is 5.07. The number of benzene rings is 1. The molecule has 1 saturated heterocycles. The van der Waals surface area contributed by atoms with Crippen LogP contribution in [0.1, 0.15) is 44.3 Å². The van der Waals surface area contributed by atoms with E-state index in [-0.39, 0.29) is 46.3 Å². The van der Waals surface area contributed by atoms with Gasteiger partial charge in [0.2, 0.25) is 5.95 Å². The highest BCUT2D eigenvalue weighted by atomic mass is 32.2. The number of sulfone groups is 1. The summed E-state index contributed by atoms with van der Waals surface area (Å²) in [6.45, 7) is 4.55. The number of nitrogens with zero attached hydrogens (tertiary/aromatic N) is 4. The minimum atomic E-state index is -3.55. The summed E-state index contributed by atoms with van der Waals surface area (Å²) >= 11 is 0. The Bertz CT molecular complexity index is 1390. The molecule has 5 N–H and O–H groups in total. The SMILES string of the molecule is CC(C)n1nc(C2CCC(F)C3NNCC23)c2c(N)nc(Nc3ccc(S(C)(=O)=O)cc3F)nc21. The number of hydrogen-bond acceptors (Lipinski definition) is 9. The molecule has 1 aliphatic carbocycles. The number of nitrogens with two attached hydrogens (primary N) is 1. The Labute approximate surface area is 201 Å². The van der Waals surface area contributed by atoms with E-state index in [9.17, 15) is 17.2 Å². The maximum Gasteiger partial charge on any atom is 0.231 e. The molecule has 5 rings (SSSR count). The molecular formula is C22H28F2N8O2S. The molecule has 1 aromatic carbocycles. The summed E-state index contributed by atoms with van der Waals surface area (Å²) in [5, 5.41) is 8.27. The van der Waals surface area contributed by atoms with Crippen LogP contribution in [0, 0.1) is 11.7 Å². The fourth-order valence-corrected chi connectivity index (χ4v) is 5.70. The number of nitrogens with one attached hydrogen (secondary N) is 3. The lowest BCUT2D eigenvalue weighted by molar-refractivity contribution is 0.150. The van der Waals surface area contributed by atoms with Crippen LogP contribution in [-0.4, -0.2) is 53.2 Å². The van der Waals surface area contributed by atoms with Crippen LogP contribution in [0.2, 0.25) is 0 Å². The largest absolute Gasteiger partial charge is 0.383 e. The van der Waals surface area contributed by atoms with Gasteiger partial charge in [-0.2, -0.15) is 15.1 Å². The van der Waals surface area contributed by atoms with E-state index in [0.29, 0.717) is 30.4 Å². The van der Waals surface area contributed by atoms with Gasteiger partial charge in [-0.25, -0.2) is 21.9 Å². The van der Waals surface area contributed by atoms with Crippen molar-refractivity contribution in [3.8, 4) is 0 Å². The van der Waals surface area contributed by atoms with Gasteiger partial charge >= 0.3 is 0 Å². The third-order valence-electron chi connectivity index (χ3n) is 6.79. The van der Waals surface area contributed by atoms with Crippen LogP contribution in [-0.2, 0) is 9.84 Å². The van der Waals surface area contributed by atoms with E-state index in [1.807, 2.05) is 13.8 Å². The lowest BCUT2D eigenvalue weighted by atomic mass is 9.74. The molecule has 4 atom stereocenters. The number of halogens is 2. The van der Waals surface area contributed by atoms with E-state index in [2.05, 4.69) is 26.1 Å². The molecule has 1 saturated carbocycles. The molecule has 4 unspecified atom stereocenters. The Balaban J connectivity index is 1.56. The van der Waals surface area contributed by atoms with Gasteiger partial charge in [-0.3, -0.25) is 10.9 Å². The molecule has 2 aromatic heterocycles. The van der Waals surface area contributed by atoms with Crippen molar-refractivity contribution in [2.24, 2.45) is 5.92 Å². The van der Waals surface area contributed by atoms with Crippen LogP contribution in [0.25, 0.3) is 11.0 Å². The lowest BCUT2D eigenvalue weighted by Crippen LogP contribution is -2.44. The van der Waals surface area contributed by atoms with Gasteiger partial charge in [-0.15, -0.1) is 0 Å². The molecule has 3 aromatic rings. The molecule has 1 aliphatic heterocycles. The molecule has 2 aliphatic rings. The van der Waals surface area contributed by atoms with Crippen LogP contribution in [0.3, 0.4) is 0 Å². The molecule has 0 bridgehead atoms. The zero-order valence-corrected chi connectivity index (χ0v) is 20.4. The number of hydrazine groups is 1. The van der Waals surface area contributed by atoms with Gasteiger partial charge in [0.05, 0.1) is 27.7 Å². The number of hydrogen-bond donors (Lipinski definition) is 4. The van der Waals surface area contributed by atoms with Crippen molar-refractivity contribution in [1.29, 1.82) is 0 Å². The Morgan fingerprint density at radius 3 is 2.71 bits per heavy atom. The Hall–Kier alpha value is -2.90. The topological polar surface area (TPSA) is 140 Å². The Morgan fingerprint density at radius 1 is 1.26 bits per heavy atom. The maximum absolute atomic E-state index is 14.6. The second kappa shape index (κ2) is 8.64. The highest BCUT2D eigenvalue weighted by Gasteiger charge is 2.45.